The van der Waals surface area contributed by atoms with Crippen LogP contribution in [0.2, 0.25) is 0 Å². The van der Waals surface area contributed by atoms with Gasteiger partial charge in [-0.1, -0.05) is 17.7 Å². The molecule has 0 fully saturated rings. The van der Waals surface area contributed by atoms with Gasteiger partial charge in [0.2, 0.25) is 5.91 Å². The molecule has 6 heteroatoms. The first-order chi connectivity index (χ1) is 10.9. The van der Waals surface area contributed by atoms with Crippen LogP contribution in [0.5, 0.6) is 0 Å². The van der Waals surface area contributed by atoms with E-state index in [2.05, 4.69) is 5.32 Å². The van der Waals surface area contributed by atoms with Crippen LogP contribution in [0.3, 0.4) is 0 Å². The molecular formula is C17H24N2O4. The summed E-state index contributed by atoms with van der Waals surface area (Å²) in [5.74, 6) is -1.16. The number of ether oxygens (including phenoxy) is 1. The smallest absolute Gasteiger partial charge is 0.338 e. The van der Waals surface area contributed by atoms with Crippen molar-refractivity contribution in [3.05, 3.63) is 34.9 Å². The number of amides is 2. The van der Waals surface area contributed by atoms with E-state index in [-0.39, 0.29) is 19.1 Å². The minimum absolute atomic E-state index is 0.0374. The summed E-state index contributed by atoms with van der Waals surface area (Å²) in [4.78, 5) is 37.0. The Morgan fingerprint density at radius 1 is 1.17 bits per heavy atom. The fraction of sp³-hybridized carbons (Fsp3) is 0.471. The minimum atomic E-state index is -0.537. The van der Waals surface area contributed by atoms with E-state index < -0.39 is 11.9 Å². The number of hydrogen-bond donors (Lipinski definition) is 1. The number of hydrogen-bond acceptors (Lipinski definition) is 4. The summed E-state index contributed by atoms with van der Waals surface area (Å²) in [6.45, 7) is 7.79. The van der Waals surface area contributed by atoms with Crippen LogP contribution in [-0.2, 0) is 14.3 Å². The van der Waals surface area contributed by atoms with Crippen LogP contribution in [0.25, 0.3) is 0 Å². The molecule has 0 aliphatic carbocycles. The molecule has 0 bridgehead atoms. The molecule has 0 saturated heterocycles. The van der Waals surface area contributed by atoms with Gasteiger partial charge in [0, 0.05) is 13.1 Å². The number of esters is 1. The molecular weight excluding hydrogens is 296 g/mol. The van der Waals surface area contributed by atoms with Crippen molar-refractivity contribution in [1.82, 2.24) is 10.2 Å². The number of aryl methyl sites for hydroxylation is 2. The second-order valence-electron chi connectivity index (χ2n) is 5.26. The highest BCUT2D eigenvalue weighted by Crippen LogP contribution is 2.11. The van der Waals surface area contributed by atoms with Gasteiger partial charge in [0.25, 0.3) is 5.91 Å². The van der Waals surface area contributed by atoms with Gasteiger partial charge in [0.1, 0.15) is 0 Å². The lowest BCUT2D eigenvalue weighted by Gasteiger charge is -2.20. The van der Waals surface area contributed by atoms with Crippen molar-refractivity contribution in [2.75, 3.05) is 26.2 Å². The first kappa shape index (κ1) is 18.7. The van der Waals surface area contributed by atoms with Gasteiger partial charge in [-0.3, -0.25) is 9.59 Å². The minimum Gasteiger partial charge on any atom is -0.452 e. The SMILES string of the molecule is CCNC(=O)CN(CC)C(=O)COC(=O)c1ccc(C)cc1C. The molecule has 23 heavy (non-hydrogen) atoms. The molecule has 0 aliphatic rings. The zero-order valence-corrected chi connectivity index (χ0v) is 14.1. The summed E-state index contributed by atoms with van der Waals surface area (Å²) in [7, 11) is 0. The molecule has 1 rings (SSSR count). The molecule has 0 radical (unpaired) electrons. The van der Waals surface area contributed by atoms with Crippen molar-refractivity contribution in [3.63, 3.8) is 0 Å². The average molecular weight is 320 g/mol. The Hall–Kier alpha value is -2.37. The predicted molar refractivity (Wildman–Crippen MR) is 87.1 cm³/mol. The van der Waals surface area contributed by atoms with Crippen molar-refractivity contribution in [3.8, 4) is 0 Å². The second-order valence-corrected chi connectivity index (χ2v) is 5.26. The number of likely N-dealkylation sites (N-methyl/N-ethyl adjacent to an activating group) is 2. The van der Waals surface area contributed by atoms with E-state index in [1.807, 2.05) is 32.9 Å². The van der Waals surface area contributed by atoms with Crippen LogP contribution in [0.4, 0.5) is 0 Å². The highest BCUT2D eigenvalue weighted by atomic mass is 16.5. The van der Waals surface area contributed by atoms with Gasteiger partial charge in [-0.2, -0.15) is 0 Å². The fourth-order valence-corrected chi connectivity index (χ4v) is 2.14. The van der Waals surface area contributed by atoms with Crippen LogP contribution >= 0.6 is 0 Å². The van der Waals surface area contributed by atoms with Crippen molar-refractivity contribution >= 4 is 17.8 Å². The van der Waals surface area contributed by atoms with Gasteiger partial charge in [-0.15, -0.1) is 0 Å². The Balaban J connectivity index is 2.59. The molecule has 1 aromatic rings. The van der Waals surface area contributed by atoms with Crippen LogP contribution < -0.4 is 5.32 Å². The lowest BCUT2D eigenvalue weighted by atomic mass is 10.1. The molecule has 126 valence electrons. The van der Waals surface area contributed by atoms with Gasteiger partial charge in [-0.25, -0.2) is 4.79 Å². The lowest BCUT2D eigenvalue weighted by molar-refractivity contribution is -0.138. The summed E-state index contributed by atoms with van der Waals surface area (Å²) < 4.78 is 5.07. The van der Waals surface area contributed by atoms with Gasteiger partial charge >= 0.3 is 5.97 Å². The summed E-state index contributed by atoms with van der Waals surface area (Å²) in [5.41, 5.74) is 2.29. The van der Waals surface area contributed by atoms with Gasteiger partial charge in [0.05, 0.1) is 12.1 Å². The Morgan fingerprint density at radius 3 is 2.43 bits per heavy atom. The quantitative estimate of drug-likeness (QED) is 0.772. The first-order valence-electron chi connectivity index (χ1n) is 7.67. The van der Waals surface area contributed by atoms with Crippen LogP contribution in [0.15, 0.2) is 18.2 Å². The molecule has 0 atom stereocenters. The topological polar surface area (TPSA) is 75.7 Å². The normalized spacial score (nSPS) is 10.1. The molecule has 1 aromatic carbocycles. The largest absolute Gasteiger partial charge is 0.452 e. The van der Waals surface area contributed by atoms with Crippen molar-refractivity contribution in [2.45, 2.75) is 27.7 Å². The molecule has 0 heterocycles. The Kier molecular flexibility index (Phi) is 7.25. The number of nitrogens with zero attached hydrogens (tertiary/aromatic N) is 1. The molecule has 6 nitrogen and oxygen atoms in total. The van der Waals surface area contributed by atoms with Gasteiger partial charge in [0.15, 0.2) is 6.61 Å². The van der Waals surface area contributed by atoms with Crippen molar-refractivity contribution in [1.29, 1.82) is 0 Å². The molecule has 2 amide bonds. The summed E-state index contributed by atoms with van der Waals surface area (Å²) in [5, 5.41) is 2.63. The second kappa shape index (κ2) is 8.92. The van der Waals surface area contributed by atoms with E-state index in [4.69, 9.17) is 4.74 Å². The lowest BCUT2D eigenvalue weighted by Crippen LogP contribution is -2.42. The fourth-order valence-electron chi connectivity index (χ4n) is 2.14. The summed E-state index contributed by atoms with van der Waals surface area (Å²) in [6.07, 6.45) is 0. The van der Waals surface area contributed by atoms with E-state index in [9.17, 15) is 14.4 Å². The Morgan fingerprint density at radius 2 is 1.87 bits per heavy atom. The third kappa shape index (κ3) is 5.73. The van der Waals surface area contributed by atoms with E-state index in [1.165, 1.54) is 4.90 Å². The van der Waals surface area contributed by atoms with E-state index in [0.29, 0.717) is 18.7 Å². The molecule has 0 unspecified atom stereocenters. The van der Waals surface area contributed by atoms with E-state index >= 15 is 0 Å². The average Bonchev–Trinajstić information content (AvgIpc) is 2.50. The number of rotatable bonds is 7. The highest BCUT2D eigenvalue weighted by molar-refractivity contribution is 5.93. The maximum atomic E-state index is 12.1. The van der Waals surface area contributed by atoms with Crippen molar-refractivity contribution in [2.24, 2.45) is 0 Å². The maximum absolute atomic E-state index is 12.1. The third-order valence-corrected chi connectivity index (χ3v) is 3.37. The van der Waals surface area contributed by atoms with Crippen LogP contribution in [0.1, 0.15) is 35.3 Å². The zero-order valence-electron chi connectivity index (χ0n) is 14.1. The standard InChI is InChI=1S/C17H24N2O4/c1-5-18-15(20)10-19(6-2)16(21)11-23-17(22)14-8-7-12(3)9-13(14)4/h7-9H,5-6,10-11H2,1-4H3,(H,18,20). The molecule has 1 N–H and O–H groups in total. The van der Waals surface area contributed by atoms with Crippen LogP contribution in [0, 0.1) is 13.8 Å². The number of carbonyl (C=O) groups is 3. The third-order valence-electron chi connectivity index (χ3n) is 3.37. The number of benzene rings is 1. The molecule has 0 spiro atoms. The molecule has 0 saturated carbocycles. The summed E-state index contributed by atoms with van der Waals surface area (Å²) >= 11 is 0. The highest BCUT2D eigenvalue weighted by Gasteiger charge is 2.18. The van der Waals surface area contributed by atoms with E-state index in [0.717, 1.165) is 11.1 Å². The number of carbonyl (C=O) groups excluding carboxylic acids is 3. The Labute approximate surface area is 136 Å². The number of nitrogens with one attached hydrogen (secondary N) is 1. The summed E-state index contributed by atoms with van der Waals surface area (Å²) in [6, 6.07) is 5.38. The van der Waals surface area contributed by atoms with E-state index in [1.54, 1.807) is 13.0 Å². The van der Waals surface area contributed by atoms with Gasteiger partial charge < -0.3 is 15.0 Å². The van der Waals surface area contributed by atoms with Gasteiger partial charge in [-0.05, 0) is 39.3 Å². The monoisotopic (exact) mass is 320 g/mol. The first-order valence-corrected chi connectivity index (χ1v) is 7.67. The molecule has 0 aliphatic heterocycles. The Bertz CT molecular complexity index is 584. The van der Waals surface area contributed by atoms with Crippen LogP contribution in [-0.4, -0.2) is 48.9 Å². The maximum Gasteiger partial charge on any atom is 0.338 e. The zero-order chi connectivity index (χ0) is 17.4. The predicted octanol–water partition coefficient (Wildman–Crippen LogP) is 1.44. The molecule has 0 aromatic heterocycles. The van der Waals surface area contributed by atoms with Crippen molar-refractivity contribution < 1.29 is 19.1 Å².